The van der Waals surface area contributed by atoms with Crippen LogP contribution in [0.1, 0.15) is 46.4 Å². The maximum absolute atomic E-state index is 11.6. The molecule has 198 valence electrons. The van der Waals surface area contributed by atoms with Gasteiger partial charge in [-0.1, -0.05) is 13.2 Å². The summed E-state index contributed by atoms with van der Waals surface area (Å²) in [5, 5.41) is 0. The number of hydrogen-bond donors (Lipinski definition) is 0. The molecule has 0 atom stereocenters. The lowest BCUT2D eigenvalue weighted by Crippen LogP contribution is -2.03. The Morgan fingerprint density at radius 1 is 0.474 bits per heavy atom. The predicted molar refractivity (Wildman–Crippen MR) is 149 cm³/mol. The minimum atomic E-state index is -0.0988. The predicted octanol–water partition coefficient (Wildman–Crippen LogP) is 6.90. The van der Waals surface area contributed by atoms with Crippen LogP contribution in [0.2, 0.25) is 0 Å². The third-order valence-electron chi connectivity index (χ3n) is 5.62. The monoisotopic (exact) mass is 514 g/mol. The first kappa shape index (κ1) is 28.3. The van der Waals surface area contributed by atoms with E-state index in [1.807, 2.05) is 24.3 Å². The smallest absolute Gasteiger partial charge is 0.185 e. The Labute approximate surface area is 224 Å². The molecule has 0 radical (unpaired) electrons. The lowest BCUT2D eigenvalue weighted by molar-refractivity contribution is 0.103. The highest BCUT2D eigenvalue weighted by Crippen LogP contribution is 2.19. The van der Waals surface area contributed by atoms with E-state index in [4.69, 9.17) is 18.9 Å². The molecule has 3 rings (SSSR count). The van der Waals surface area contributed by atoms with Gasteiger partial charge in [-0.3, -0.25) is 9.59 Å². The molecule has 0 spiro atoms. The number of ether oxygens (including phenoxy) is 4. The van der Waals surface area contributed by atoms with Gasteiger partial charge < -0.3 is 18.9 Å². The van der Waals surface area contributed by atoms with Crippen molar-refractivity contribution >= 4 is 11.6 Å². The van der Waals surface area contributed by atoms with Crippen LogP contribution in [0.15, 0.2) is 98.1 Å². The molecule has 3 aromatic rings. The summed E-state index contributed by atoms with van der Waals surface area (Å²) in [6, 6.07) is 21.7. The normalized spacial score (nSPS) is 10.3. The zero-order valence-electron chi connectivity index (χ0n) is 21.6. The Hall–Kier alpha value is -4.32. The van der Waals surface area contributed by atoms with Crippen LogP contribution in [0.4, 0.5) is 0 Å². The highest BCUT2D eigenvalue weighted by Gasteiger charge is 2.03. The first-order chi connectivity index (χ1) is 18.6. The molecular formula is C32H34O6. The molecule has 3 aromatic carbocycles. The van der Waals surface area contributed by atoms with Gasteiger partial charge in [-0.25, -0.2) is 0 Å². The van der Waals surface area contributed by atoms with Crippen molar-refractivity contribution in [2.45, 2.75) is 25.7 Å². The van der Waals surface area contributed by atoms with Gasteiger partial charge in [0.25, 0.3) is 0 Å². The fourth-order valence-corrected chi connectivity index (χ4v) is 3.47. The Morgan fingerprint density at radius 2 is 0.711 bits per heavy atom. The fourth-order valence-electron chi connectivity index (χ4n) is 3.47. The van der Waals surface area contributed by atoms with Crippen LogP contribution in [-0.2, 0) is 0 Å². The summed E-state index contributed by atoms with van der Waals surface area (Å²) in [7, 11) is 0. The third kappa shape index (κ3) is 9.62. The highest BCUT2D eigenvalue weighted by atomic mass is 16.5. The second-order valence-electron chi connectivity index (χ2n) is 8.46. The van der Waals surface area contributed by atoms with Crippen LogP contribution in [0, 0.1) is 0 Å². The summed E-state index contributed by atoms with van der Waals surface area (Å²) in [5.74, 6) is 2.88. The van der Waals surface area contributed by atoms with Crippen molar-refractivity contribution in [1.82, 2.24) is 0 Å². The maximum Gasteiger partial charge on any atom is 0.185 e. The largest absolute Gasteiger partial charge is 0.494 e. The number of rotatable bonds is 18. The van der Waals surface area contributed by atoms with Gasteiger partial charge in [-0.15, -0.1) is 0 Å². The van der Waals surface area contributed by atoms with Crippen LogP contribution >= 0.6 is 0 Å². The summed E-state index contributed by atoms with van der Waals surface area (Å²) in [6.45, 7) is 9.34. The second-order valence-corrected chi connectivity index (χ2v) is 8.46. The molecule has 0 saturated heterocycles. The summed E-state index contributed by atoms with van der Waals surface area (Å²) in [6.07, 6.45) is 6.05. The molecule has 0 heterocycles. The van der Waals surface area contributed by atoms with E-state index in [-0.39, 0.29) is 11.6 Å². The molecular weight excluding hydrogens is 480 g/mol. The first-order valence-corrected chi connectivity index (χ1v) is 12.7. The van der Waals surface area contributed by atoms with E-state index >= 15 is 0 Å². The van der Waals surface area contributed by atoms with Gasteiger partial charge in [0.2, 0.25) is 0 Å². The molecule has 0 amide bonds. The Kier molecular flexibility index (Phi) is 11.7. The highest BCUT2D eigenvalue weighted by molar-refractivity contribution is 6.04. The van der Waals surface area contributed by atoms with Crippen LogP contribution in [0.5, 0.6) is 23.0 Å². The standard InChI is InChI=1S/C32H34O6/c1-3-31(33)25-9-13-27(14-10-25)35-21-5-7-23-37-29-17-19-30(20-18-29)38-24-8-6-22-36-28-15-11-26(12-16-28)32(34)4-2/h3-4,9-20H,1-2,5-8,21-24H2. The Bertz CT molecular complexity index is 1070. The molecule has 6 heteroatoms. The van der Waals surface area contributed by atoms with E-state index in [1.54, 1.807) is 48.5 Å². The average Bonchev–Trinajstić information content (AvgIpc) is 2.97. The summed E-state index contributed by atoms with van der Waals surface area (Å²) < 4.78 is 23.0. The van der Waals surface area contributed by atoms with E-state index < -0.39 is 0 Å². The van der Waals surface area contributed by atoms with Crippen LogP contribution in [0.3, 0.4) is 0 Å². The van der Waals surface area contributed by atoms with E-state index in [0.29, 0.717) is 37.6 Å². The fraction of sp³-hybridized carbons (Fsp3) is 0.250. The second kappa shape index (κ2) is 15.7. The third-order valence-corrected chi connectivity index (χ3v) is 5.62. The van der Waals surface area contributed by atoms with Crippen molar-refractivity contribution in [3.63, 3.8) is 0 Å². The van der Waals surface area contributed by atoms with Gasteiger partial charge >= 0.3 is 0 Å². The zero-order chi connectivity index (χ0) is 27.0. The summed E-state index contributed by atoms with van der Waals surface area (Å²) in [5.41, 5.74) is 1.20. The summed E-state index contributed by atoms with van der Waals surface area (Å²) in [4.78, 5) is 23.1. The molecule has 0 N–H and O–H groups in total. The lowest BCUT2D eigenvalue weighted by Gasteiger charge is -2.10. The molecule has 6 nitrogen and oxygen atoms in total. The SMILES string of the molecule is C=CC(=O)c1ccc(OCCCCOc2ccc(OCCCCOc3ccc(C(=O)C=C)cc3)cc2)cc1. The number of carbonyl (C=O) groups is 2. The molecule has 0 aliphatic heterocycles. The van der Waals surface area contributed by atoms with Crippen LogP contribution in [-0.4, -0.2) is 38.0 Å². The number of carbonyl (C=O) groups excluding carboxylic acids is 2. The Balaban J connectivity index is 1.21. The molecule has 0 aromatic heterocycles. The molecule has 0 aliphatic rings. The summed E-state index contributed by atoms with van der Waals surface area (Å²) >= 11 is 0. The van der Waals surface area contributed by atoms with E-state index in [9.17, 15) is 9.59 Å². The number of benzene rings is 3. The molecule has 0 aliphatic carbocycles. The molecule has 0 saturated carbocycles. The van der Waals surface area contributed by atoms with Gasteiger partial charge in [0.1, 0.15) is 23.0 Å². The van der Waals surface area contributed by atoms with Crippen LogP contribution < -0.4 is 18.9 Å². The van der Waals surface area contributed by atoms with E-state index in [0.717, 1.165) is 48.7 Å². The van der Waals surface area contributed by atoms with Crippen molar-refractivity contribution in [2.75, 3.05) is 26.4 Å². The van der Waals surface area contributed by atoms with Crippen molar-refractivity contribution < 1.29 is 28.5 Å². The zero-order valence-corrected chi connectivity index (χ0v) is 21.6. The molecule has 0 unspecified atom stereocenters. The van der Waals surface area contributed by atoms with Gasteiger partial charge in [-0.05, 0) is 111 Å². The van der Waals surface area contributed by atoms with Gasteiger partial charge in [-0.2, -0.15) is 0 Å². The number of ketones is 2. The van der Waals surface area contributed by atoms with E-state index in [2.05, 4.69) is 13.2 Å². The number of unbranched alkanes of at least 4 members (excludes halogenated alkanes) is 2. The van der Waals surface area contributed by atoms with Gasteiger partial charge in [0.15, 0.2) is 11.6 Å². The van der Waals surface area contributed by atoms with Crippen molar-refractivity contribution in [1.29, 1.82) is 0 Å². The molecule has 38 heavy (non-hydrogen) atoms. The quantitative estimate of drug-likeness (QED) is 0.104. The number of allylic oxidation sites excluding steroid dienone is 2. The van der Waals surface area contributed by atoms with Crippen molar-refractivity contribution in [3.05, 3.63) is 109 Å². The molecule has 0 bridgehead atoms. The number of hydrogen-bond acceptors (Lipinski definition) is 6. The first-order valence-electron chi connectivity index (χ1n) is 12.7. The van der Waals surface area contributed by atoms with Gasteiger partial charge in [0, 0.05) is 11.1 Å². The lowest BCUT2D eigenvalue weighted by atomic mass is 10.1. The van der Waals surface area contributed by atoms with Crippen molar-refractivity contribution in [2.24, 2.45) is 0 Å². The maximum atomic E-state index is 11.6. The average molecular weight is 515 g/mol. The Morgan fingerprint density at radius 3 is 0.947 bits per heavy atom. The molecule has 0 fully saturated rings. The minimum Gasteiger partial charge on any atom is -0.494 e. The van der Waals surface area contributed by atoms with Gasteiger partial charge in [0.05, 0.1) is 26.4 Å². The topological polar surface area (TPSA) is 71.1 Å². The minimum absolute atomic E-state index is 0.0988. The van der Waals surface area contributed by atoms with Crippen LogP contribution in [0.25, 0.3) is 0 Å². The van der Waals surface area contributed by atoms with E-state index in [1.165, 1.54) is 12.2 Å². The van der Waals surface area contributed by atoms with Crippen molar-refractivity contribution in [3.8, 4) is 23.0 Å².